The maximum absolute atomic E-state index is 2.36. The quantitative estimate of drug-likeness (QED) is 0.243. The van der Waals surface area contributed by atoms with Gasteiger partial charge in [0.15, 0.2) is 0 Å². The second kappa shape index (κ2) is 16.1. The van der Waals surface area contributed by atoms with Crippen LogP contribution in [0.15, 0.2) is 75.1 Å². The molecule has 43 heavy (non-hydrogen) atoms. The van der Waals surface area contributed by atoms with E-state index in [9.17, 15) is 0 Å². The van der Waals surface area contributed by atoms with Crippen LogP contribution in [-0.2, 0) is 11.5 Å². The predicted molar refractivity (Wildman–Crippen MR) is 231 cm³/mol. The van der Waals surface area contributed by atoms with Crippen molar-refractivity contribution in [3.8, 4) is 0 Å². The van der Waals surface area contributed by atoms with Crippen molar-refractivity contribution in [2.24, 2.45) is 0 Å². The molecule has 9 rings (SSSR count). The lowest BCUT2D eigenvalue weighted by Gasteiger charge is -2.08. The molecule has 0 radical (unpaired) electrons. The van der Waals surface area contributed by atoms with Crippen LogP contribution in [0.1, 0.15) is 17.5 Å². The molecule has 8 heterocycles. The molecule has 0 unspecified atom stereocenters. The first-order valence-corrected chi connectivity index (χ1v) is 27.7. The van der Waals surface area contributed by atoms with Crippen molar-refractivity contribution in [1.82, 2.24) is 0 Å². The number of fused-ring (bicyclic) bond motifs is 8. The van der Waals surface area contributed by atoms with Gasteiger partial charge in [0.25, 0.3) is 0 Å². The minimum atomic E-state index is 1.04. The zero-order valence-electron chi connectivity index (χ0n) is 22.2. The van der Waals surface area contributed by atoms with E-state index < -0.39 is 0 Å². The zero-order valence-corrected chi connectivity index (χ0v) is 35.3. The Labute approximate surface area is 322 Å². The Hall–Kier alpha value is 3.26. The third-order valence-electron chi connectivity index (χ3n) is 6.10. The molecule has 8 aliphatic rings. The number of rotatable bonds is 0. The van der Waals surface area contributed by atoms with Crippen molar-refractivity contribution in [2.45, 2.75) is 17.9 Å². The van der Waals surface area contributed by atoms with Crippen LogP contribution >= 0.6 is 188 Å². The van der Waals surface area contributed by atoms with Crippen molar-refractivity contribution < 1.29 is 0 Å². The lowest BCUT2D eigenvalue weighted by atomic mass is 10.2. The largest absolute Gasteiger partial charge is 0.117 e. The third kappa shape index (κ3) is 8.26. The van der Waals surface area contributed by atoms with Gasteiger partial charge in [0.1, 0.15) is 0 Å². The summed E-state index contributed by atoms with van der Waals surface area (Å²) in [6.07, 6.45) is 1.24. The van der Waals surface area contributed by atoms with Crippen molar-refractivity contribution >= 4 is 188 Å². The first-order valence-electron chi connectivity index (χ1n) is 13.2. The molecule has 0 saturated carbocycles. The lowest BCUT2D eigenvalue weighted by molar-refractivity contribution is 1.13. The highest BCUT2D eigenvalue weighted by atomic mass is 32.3. The standard InChI is InChI=1S/C27H22S16/c1-6-28-20-22(42-26(40-20)24-36-16-17(37-24)31-9-8-30-16)34-12-14-2-3-15(5-4-14)13-35-23-21(29-7-1)41-27(43-23)25-38-18-19(39-25)33-11-10-32-18/h2-5H,1,6-13H2. The zero-order chi connectivity index (χ0) is 28.6. The Morgan fingerprint density at radius 1 is 0.279 bits per heavy atom. The van der Waals surface area contributed by atoms with Crippen LogP contribution in [0.3, 0.4) is 0 Å². The van der Waals surface area contributed by atoms with Crippen LogP contribution in [0, 0.1) is 0 Å². The van der Waals surface area contributed by atoms with E-state index in [1.807, 2.05) is 118 Å². The molecule has 0 spiro atoms. The van der Waals surface area contributed by atoms with Crippen LogP contribution in [0.25, 0.3) is 0 Å². The molecule has 0 aliphatic carbocycles. The predicted octanol–water partition coefficient (Wildman–Crippen LogP) is 14.7. The van der Waals surface area contributed by atoms with E-state index in [1.165, 1.54) is 86.0 Å². The van der Waals surface area contributed by atoms with E-state index in [0.29, 0.717) is 0 Å². The smallest absolute Gasteiger partial charge is 0.0717 e. The molecule has 2 bridgehead atoms. The Kier molecular flexibility index (Phi) is 12.5. The molecule has 0 amide bonds. The monoisotopic (exact) mass is 858 g/mol. The van der Waals surface area contributed by atoms with Gasteiger partial charge in [-0.25, -0.2) is 0 Å². The molecule has 1 aromatic carbocycles. The van der Waals surface area contributed by atoms with Gasteiger partial charge in [0, 0.05) is 34.5 Å². The second-order valence-corrected chi connectivity index (χ2v) is 29.0. The molecule has 0 saturated heterocycles. The van der Waals surface area contributed by atoms with E-state index in [-0.39, 0.29) is 0 Å². The van der Waals surface area contributed by atoms with Gasteiger partial charge in [-0.1, -0.05) is 118 Å². The highest BCUT2D eigenvalue weighted by Gasteiger charge is 2.33. The maximum atomic E-state index is 2.36. The van der Waals surface area contributed by atoms with Crippen LogP contribution in [-0.4, -0.2) is 34.5 Å². The van der Waals surface area contributed by atoms with Crippen LogP contribution < -0.4 is 0 Å². The van der Waals surface area contributed by atoms with Crippen LogP contribution in [0.5, 0.6) is 0 Å². The van der Waals surface area contributed by atoms with Crippen molar-refractivity contribution in [3.63, 3.8) is 0 Å². The topological polar surface area (TPSA) is 0 Å². The van der Waals surface area contributed by atoms with E-state index in [1.54, 1.807) is 16.9 Å². The van der Waals surface area contributed by atoms with Gasteiger partial charge in [-0.3, -0.25) is 0 Å². The molecule has 226 valence electrons. The Morgan fingerprint density at radius 3 is 0.837 bits per heavy atom. The molecule has 0 atom stereocenters. The maximum Gasteiger partial charge on any atom is 0.0717 e. The fourth-order valence-electron chi connectivity index (χ4n) is 4.09. The van der Waals surface area contributed by atoms with Gasteiger partial charge in [-0.2, -0.15) is 0 Å². The number of thioether (sulfide) groups is 16. The average molecular weight is 860 g/mol. The molecule has 8 aliphatic heterocycles. The van der Waals surface area contributed by atoms with Gasteiger partial charge in [0.2, 0.25) is 0 Å². The normalized spacial score (nSPS) is 25.6. The van der Waals surface area contributed by atoms with Crippen molar-refractivity contribution in [1.29, 1.82) is 0 Å². The minimum Gasteiger partial charge on any atom is -0.117 e. The van der Waals surface area contributed by atoms with E-state index >= 15 is 0 Å². The summed E-state index contributed by atoms with van der Waals surface area (Å²) < 4.78 is 18.3. The van der Waals surface area contributed by atoms with Crippen molar-refractivity contribution in [3.05, 3.63) is 86.2 Å². The van der Waals surface area contributed by atoms with Crippen LogP contribution in [0.4, 0.5) is 0 Å². The summed E-state index contributed by atoms with van der Waals surface area (Å²) in [4.78, 5) is 0. The Bertz CT molecular complexity index is 1350. The first-order chi connectivity index (χ1) is 21.2. The highest BCUT2D eigenvalue weighted by molar-refractivity contribution is 8.46. The lowest BCUT2D eigenvalue weighted by Crippen LogP contribution is -1.88. The summed E-state index contributed by atoms with van der Waals surface area (Å²) in [6, 6.07) is 9.45. The average Bonchev–Trinajstić information content (AvgIpc) is 3.83. The summed E-state index contributed by atoms with van der Waals surface area (Å²) in [6.45, 7) is 0. The van der Waals surface area contributed by atoms with Gasteiger partial charge in [-0.15, -0.1) is 94.1 Å². The summed E-state index contributed by atoms with van der Waals surface area (Å²) in [5, 5.41) is 0. The summed E-state index contributed by atoms with van der Waals surface area (Å²) >= 11 is 32.8. The van der Waals surface area contributed by atoms with E-state index in [2.05, 4.69) is 94.8 Å². The SMILES string of the molecule is c1cc2ccc1CSC1=C(SCCCSC3=C(SC2)SC(=C2SC4=C(SCCS4)S2)S3)SC(=C2SC3=C(SCCS3)S2)S1. The molecule has 0 aromatic heterocycles. The summed E-state index contributed by atoms with van der Waals surface area (Å²) in [5.41, 5.74) is 2.86. The fourth-order valence-corrected chi connectivity index (χ4v) is 28.4. The Balaban J connectivity index is 0.970. The molecular formula is C27H22S16. The summed E-state index contributed by atoms with van der Waals surface area (Å²) in [5.74, 6) is 9.47. The number of hydrogen-bond donors (Lipinski definition) is 0. The minimum absolute atomic E-state index is 1.04. The number of hydrogen-bond acceptors (Lipinski definition) is 16. The van der Waals surface area contributed by atoms with Crippen LogP contribution in [0.2, 0.25) is 0 Å². The van der Waals surface area contributed by atoms with Crippen molar-refractivity contribution in [2.75, 3.05) is 34.5 Å². The van der Waals surface area contributed by atoms with Gasteiger partial charge >= 0.3 is 0 Å². The van der Waals surface area contributed by atoms with Gasteiger partial charge < -0.3 is 0 Å². The van der Waals surface area contributed by atoms with E-state index in [4.69, 9.17) is 0 Å². The number of benzene rings is 1. The molecule has 0 N–H and O–H groups in total. The van der Waals surface area contributed by atoms with Gasteiger partial charge in [0.05, 0.1) is 50.8 Å². The molecular weight excluding hydrogens is 837 g/mol. The molecule has 0 nitrogen and oxygen atoms in total. The van der Waals surface area contributed by atoms with Gasteiger partial charge in [-0.05, 0) is 29.1 Å². The molecule has 0 fully saturated rings. The molecule has 16 heteroatoms. The highest BCUT2D eigenvalue weighted by Crippen LogP contribution is 2.68. The summed E-state index contributed by atoms with van der Waals surface area (Å²) in [7, 11) is 0. The van der Waals surface area contributed by atoms with E-state index in [0.717, 1.165) is 11.5 Å². The first kappa shape index (κ1) is 33.4. The Morgan fingerprint density at radius 2 is 0.535 bits per heavy atom. The molecule has 1 aromatic rings. The fraction of sp³-hybridized carbons (Fsp3) is 0.333. The second-order valence-electron chi connectivity index (χ2n) is 9.10. The third-order valence-corrected chi connectivity index (χ3v) is 30.1.